The van der Waals surface area contributed by atoms with Crippen molar-refractivity contribution in [1.29, 1.82) is 0 Å². The summed E-state index contributed by atoms with van der Waals surface area (Å²) in [6.45, 7) is 17.0. The first-order valence-electron chi connectivity index (χ1n) is 9.42. The molecule has 0 spiro atoms. The van der Waals surface area contributed by atoms with Gasteiger partial charge < -0.3 is 0 Å². The first kappa shape index (κ1) is 20.2. The molecule has 0 fully saturated rings. The van der Waals surface area contributed by atoms with Gasteiger partial charge in [-0.3, -0.25) is 4.79 Å². The molecule has 0 heterocycles. The number of aryl methyl sites for hydroxylation is 3. The third-order valence-corrected chi connectivity index (χ3v) is 5.67. The van der Waals surface area contributed by atoms with Crippen LogP contribution in [0.15, 0.2) is 36.4 Å². The van der Waals surface area contributed by atoms with Gasteiger partial charge >= 0.3 is 0 Å². The second-order valence-electron chi connectivity index (χ2n) is 8.20. The quantitative estimate of drug-likeness (QED) is 0.537. The van der Waals surface area contributed by atoms with E-state index in [1.807, 2.05) is 13.0 Å². The lowest BCUT2D eigenvalue weighted by Crippen LogP contribution is -2.18. The minimum Gasteiger partial charge on any atom is -0.295 e. The number of benzene rings is 2. The van der Waals surface area contributed by atoms with Gasteiger partial charge in [-0.2, -0.15) is 0 Å². The molecule has 0 atom stereocenters. The van der Waals surface area contributed by atoms with Crippen LogP contribution in [0, 0.1) is 27.7 Å². The number of rotatable bonds is 5. The third-order valence-electron chi connectivity index (χ3n) is 5.67. The van der Waals surface area contributed by atoms with Crippen LogP contribution in [0.2, 0.25) is 0 Å². The van der Waals surface area contributed by atoms with Crippen LogP contribution in [0.1, 0.15) is 77.9 Å². The molecule has 26 heavy (non-hydrogen) atoms. The van der Waals surface area contributed by atoms with Gasteiger partial charge in [-0.05, 0) is 92.3 Å². The first-order chi connectivity index (χ1) is 12.1. The van der Waals surface area contributed by atoms with Crippen molar-refractivity contribution in [3.63, 3.8) is 0 Å². The van der Waals surface area contributed by atoms with E-state index in [-0.39, 0.29) is 11.2 Å². The highest BCUT2D eigenvalue weighted by atomic mass is 16.1. The van der Waals surface area contributed by atoms with Crippen LogP contribution >= 0.6 is 0 Å². The largest absolute Gasteiger partial charge is 0.295 e. The van der Waals surface area contributed by atoms with E-state index in [0.717, 1.165) is 17.5 Å². The Hall–Kier alpha value is -2.15. The average Bonchev–Trinajstić information content (AvgIpc) is 2.56. The van der Waals surface area contributed by atoms with Gasteiger partial charge in [0.2, 0.25) is 0 Å². The Morgan fingerprint density at radius 1 is 0.962 bits per heavy atom. The number of hydrogen-bond acceptors (Lipinski definition) is 1. The van der Waals surface area contributed by atoms with Crippen LogP contribution in [0.25, 0.3) is 5.57 Å². The van der Waals surface area contributed by atoms with Gasteiger partial charge in [0.25, 0.3) is 0 Å². The van der Waals surface area contributed by atoms with Crippen LogP contribution in [-0.4, -0.2) is 5.78 Å². The number of ketones is 1. The smallest absolute Gasteiger partial charge is 0.160 e. The van der Waals surface area contributed by atoms with Gasteiger partial charge in [0.1, 0.15) is 0 Å². The minimum atomic E-state index is 0.0399. The molecule has 2 aromatic rings. The maximum Gasteiger partial charge on any atom is 0.160 e. The van der Waals surface area contributed by atoms with E-state index in [9.17, 15) is 4.79 Å². The summed E-state index contributed by atoms with van der Waals surface area (Å²) < 4.78 is 0. The zero-order valence-corrected chi connectivity index (χ0v) is 17.6. The fourth-order valence-corrected chi connectivity index (χ4v) is 3.63. The van der Waals surface area contributed by atoms with E-state index in [2.05, 4.69) is 71.9 Å². The summed E-state index contributed by atoms with van der Waals surface area (Å²) in [4.78, 5) is 11.7. The Labute approximate surface area is 159 Å². The second-order valence-corrected chi connectivity index (χ2v) is 8.20. The highest BCUT2D eigenvalue weighted by Gasteiger charge is 2.24. The Balaban J connectivity index is 2.38. The summed E-state index contributed by atoms with van der Waals surface area (Å²) in [6.07, 6.45) is 3.17. The fraction of sp³-hybridized carbons (Fsp3) is 0.400. The Bertz CT molecular complexity index is 843. The monoisotopic (exact) mass is 348 g/mol. The molecule has 0 aliphatic heterocycles. The molecule has 0 unspecified atom stereocenters. The second kappa shape index (κ2) is 7.61. The molecule has 0 amide bonds. The average molecular weight is 349 g/mol. The van der Waals surface area contributed by atoms with Crippen molar-refractivity contribution >= 4 is 11.4 Å². The highest BCUT2D eigenvalue weighted by molar-refractivity contribution is 5.95. The summed E-state index contributed by atoms with van der Waals surface area (Å²) in [5.74, 6) is 0.127. The van der Waals surface area contributed by atoms with E-state index >= 15 is 0 Å². The van der Waals surface area contributed by atoms with Crippen molar-refractivity contribution in [2.45, 2.75) is 67.2 Å². The molecule has 0 N–H and O–H groups in total. The van der Waals surface area contributed by atoms with Gasteiger partial charge in [0, 0.05) is 5.56 Å². The summed E-state index contributed by atoms with van der Waals surface area (Å²) >= 11 is 0. The number of allylic oxidation sites excluding steroid dienone is 2. The Morgan fingerprint density at radius 3 is 2.00 bits per heavy atom. The lowest BCUT2D eigenvalue weighted by atomic mass is 9.76. The van der Waals surface area contributed by atoms with Crippen molar-refractivity contribution < 1.29 is 4.79 Å². The fourth-order valence-electron chi connectivity index (χ4n) is 3.63. The highest BCUT2D eigenvalue weighted by Crippen LogP contribution is 2.36. The lowest BCUT2D eigenvalue weighted by molar-refractivity contribution is 0.101. The summed E-state index contributed by atoms with van der Waals surface area (Å²) in [6, 6.07) is 10.9. The van der Waals surface area contributed by atoms with Gasteiger partial charge in [0.05, 0.1) is 0 Å². The van der Waals surface area contributed by atoms with Crippen molar-refractivity contribution in [1.82, 2.24) is 0 Å². The van der Waals surface area contributed by atoms with E-state index in [0.29, 0.717) is 0 Å². The molecular weight excluding hydrogens is 316 g/mol. The molecule has 0 aromatic heterocycles. The molecule has 1 heteroatoms. The van der Waals surface area contributed by atoms with Crippen molar-refractivity contribution in [2.24, 2.45) is 0 Å². The lowest BCUT2D eigenvalue weighted by Gasteiger charge is -2.28. The SMILES string of the molecule is C/C=C(\CC(C)(C)c1cc(C)c(C)c(C)c1)c1ccc(C(C)=O)c(C)c1. The van der Waals surface area contributed by atoms with Crippen LogP contribution in [0.3, 0.4) is 0 Å². The van der Waals surface area contributed by atoms with E-state index in [1.54, 1.807) is 6.92 Å². The molecule has 0 bridgehead atoms. The van der Waals surface area contributed by atoms with E-state index in [4.69, 9.17) is 0 Å². The number of carbonyl (C=O) groups excluding carboxylic acids is 1. The Morgan fingerprint density at radius 2 is 1.54 bits per heavy atom. The van der Waals surface area contributed by atoms with Crippen LogP contribution in [0.5, 0.6) is 0 Å². The molecule has 1 nitrogen and oxygen atoms in total. The summed E-state index contributed by atoms with van der Waals surface area (Å²) in [7, 11) is 0. The molecule has 2 aromatic carbocycles. The predicted octanol–water partition coefficient (Wildman–Crippen LogP) is 6.89. The van der Waals surface area contributed by atoms with Gasteiger partial charge in [0.15, 0.2) is 5.78 Å². The normalized spacial score (nSPS) is 12.4. The zero-order chi connectivity index (χ0) is 19.6. The zero-order valence-electron chi connectivity index (χ0n) is 17.6. The van der Waals surface area contributed by atoms with Gasteiger partial charge in [-0.15, -0.1) is 0 Å². The van der Waals surface area contributed by atoms with Gasteiger partial charge in [-0.25, -0.2) is 0 Å². The molecule has 2 rings (SSSR count). The molecule has 138 valence electrons. The van der Waals surface area contributed by atoms with Crippen molar-refractivity contribution in [3.05, 3.63) is 75.4 Å². The molecule has 0 aliphatic rings. The van der Waals surface area contributed by atoms with Crippen LogP contribution in [-0.2, 0) is 5.41 Å². The summed E-state index contributed by atoms with van der Waals surface area (Å²) in [5.41, 5.74) is 9.92. The molecule has 0 radical (unpaired) electrons. The maximum absolute atomic E-state index is 11.7. The number of Topliss-reactive ketones (excluding diaryl/α,β-unsaturated/α-hetero) is 1. The standard InChI is InChI=1S/C25H32O/c1-9-21(22-10-11-24(20(6)26)18(4)12-22)15-25(7,8)23-13-16(2)19(5)17(3)14-23/h9-14H,15H2,1-8H3/b21-9+. The van der Waals surface area contributed by atoms with Crippen molar-refractivity contribution in [3.8, 4) is 0 Å². The van der Waals surface area contributed by atoms with Crippen molar-refractivity contribution in [2.75, 3.05) is 0 Å². The molecule has 0 saturated heterocycles. The van der Waals surface area contributed by atoms with E-state index < -0.39 is 0 Å². The Kier molecular flexibility index (Phi) is 5.91. The third kappa shape index (κ3) is 4.15. The number of hydrogen-bond donors (Lipinski definition) is 0. The maximum atomic E-state index is 11.7. The van der Waals surface area contributed by atoms with Crippen LogP contribution < -0.4 is 0 Å². The summed E-state index contributed by atoms with van der Waals surface area (Å²) in [5, 5.41) is 0. The predicted molar refractivity (Wildman–Crippen MR) is 113 cm³/mol. The number of carbonyl (C=O) groups is 1. The first-order valence-corrected chi connectivity index (χ1v) is 9.42. The molecular formula is C25H32O. The molecule has 0 aliphatic carbocycles. The van der Waals surface area contributed by atoms with E-state index in [1.165, 1.54) is 33.4 Å². The minimum absolute atomic E-state index is 0.0399. The van der Waals surface area contributed by atoms with Crippen LogP contribution in [0.4, 0.5) is 0 Å². The van der Waals surface area contributed by atoms with Gasteiger partial charge in [-0.1, -0.05) is 50.3 Å². The molecule has 0 saturated carbocycles. The topological polar surface area (TPSA) is 17.1 Å².